The summed E-state index contributed by atoms with van der Waals surface area (Å²) in [7, 11) is 0. The SMILES string of the molecule is O=C(O)C1CCCN(C(=O)c2ccc3nc(-c4cccc(C(F)(F)F)c4)ccc3c2)C1. The molecule has 0 aliphatic carbocycles. The number of carbonyl (C=O) groups excluding carboxylic acids is 1. The van der Waals surface area contributed by atoms with Crippen LogP contribution in [0.4, 0.5) is 13.2 Å². The van der Waals surface area contributed by atoms with Gasteiger partial charge in [0.05, 0.1) is 22.7 Å². The average Bonchev–Trinajstić information content (AvgIpc) is 2.77. The predicted molar refractivity (Wildman–Crippen MR) is 108 cm³/mol. The molecule has 0 spiro atoms. The van der Waals surface area contributed by atoms with E-state index in [0.717, 1.165) is 12.1 Å². The predicted octanol–water partition coefficient (Wildman–Crippen LogP) is 4.86. The van der Waals surface area contributed by atoms with Gasteiger partial charge in [0.2, 0.25) is 0 Å². The van der Waals surface area contributed by atoms with Crippen LogP contribution in [0.15, 0.2) is 54.6 Å². The maximum absolute atomic E-state index is 13.0. The van der Waals surface area contributed by atoms with E-state index in [1.165, 1.54) is 6.07 Å². The Balaban J connectivity index is 1.60. The molecule has 5 nitrogen and oxygen atoms in total. The molecule has 1 amide bonds. The Labute approximate surface area is 176 Å². The van der Waals surface area contributed by atoms with Crippen molar-refractivity contribution >= 4 is 22.8 Å². The van der Waals surface area contributed by atoms with E-state index in [4.69, 9.17) is 0 Å². The van der Waals surface area contributed by atoms with Gasteiger partial charge in [-0.05, 0) is 49.2 Å². The number of rotatable bonds is 3. The maximum atomic E-state index is 13.0. The van der Waals surface area contributed by atoms with E-state index in [1.807, 2.05) is 0 Å². The minimum absolute atomic E-state index is 0.180. The second kappa shape index (κ2) is 8.02. The molecule has 1 saturated heterocycles. The lowest BCUT2D eigenvalue weighted by molar-refractivity contribution is -0.143. The van der Waals surface area contributed by atoms with Gasteiger partial charge in [0.1, 0.15) is 0 Å². The third-order valence-corrected chi connectivity index (χ3v) is 5.48. The minimum atomic E-state index is -4.43. The van der Waals surface area contributed by atoms with Crippen LogP contribution < -0.4 is 0 Å². The number of amides is 1. The Bertz CT molecular complexity index is 1160. The highest BCUT2D eigenvalue weighted by Gasteiger charge is 2.31. The van der Waals surface area contributed by atoms with Gasteiger partial charge in [0.25, 0.3) is 5.91 Å². The van der Waals surface area contributed by atoms with Crippen LogP contribution >= 0.6 is 0 Å². The van der Waals surface area contributed by atoms with E-state index in [0.29, 0.717) is 47.1 Å². The molecule has 2 heterocycles. The molecular formula is C23H19F3N2O3. The van der Waals surface area contributed by atoms with Gasteiger partial charge in [-0.1, -0.05) is 18.2 Å². The lowest BCUT2D eigenvalue weighted by Gasteiger charge is -2.30. The fourth-order valence-electron chi connectivity index (χ4n) is 3.82. The zero-order valence-electron chi connectivity index (χ0n) is 16.4. The Kier molecular flexibility index (Phi) is 5.39. The zero-order chi connectivity index (χ0) is 22.2. The highest BCUT2D eigenvalue weighted by molar-refractivity contribution is 5.98. The van der Waals surface area contributed by atoms with E-state index >= 15 is 0 Å². The van der Waals surface area contributed by atoms with E-state index in [1.54, 1.807) is 41.3 Å². The highest BCUT2D eigenvalue weighted by atomic mass is 19.4. The fraction of sp³-hybridized carbons (Fsp3) is 0.261. The smallest absolute Gasteiger partial charge is 0.416 e. The van der Waals surface area contributed by atoms with Crippen molar-refractivity contribution in [3.63, 3.8) is 0 Å². The number of benzene rings is 2. The average molecular weight is 428 g/mol. The van der Waals surface area contributed by atoms with Gasteiger partial charge < -0.3 is 10.0 Å². The molecule has 1 aliphatic rings. The third-order valence-electron chi connectivity index (χ3n) is 5.48. The molecular weight excluding hydrogens is 409 g/mol. The lowest BCUT2D eigenvalue weighted by atomic mass is 9.97. The number of halogens is 3. The van der Waals surface area contributed by atoms with E-state index in [2.05, 4.69) is 4.98 Å². The summed E-state index contributed by atoms with van der Waals surface area (Å²) in [6.07, 6.45) is -3.24. The first-order valence-electron chi connectivity index (χ1n) is 9.83. The standard InChI is InChI=1S/C23H19F3N2O3/c24-23(25,26)18-5-1-3-14(12-18)19-8-6-15-11-16(7-9-20(15)27-19)21(29)28-10-2-4-17(13-28)22(30)31/h1,3,5-9,11-12,17H,2,4,10,13H2,(H,30,31). The summed E-state index contributed by atoms with van der Waals surface area (Å²) in [6, 6.07) is 13.2. The number of likely N-dealkylation sites (tertiary alicyclic amines) is 1. The number of hydrogen-bond donors (Lipinski definition) is 1. The number of fused-ring (bicyclic) bond motifs is 1. The van der Waals surface area contributed by atoms with Gasteiger partial charge in [0.15, 0.2) is 0 Å². The fourth-order valence-corrected chi connectivity index (χ4v) is 3.82. The van der Waals surface area contributed by atoms with Crippen LogP contribution in [0.25, 0.3) is 22.2 Å². The summed E-state index contributed by atoms with van der Waals surface area (Å²) in [4.78, 5) is 30.1. The van der Waals surface area contributed by atoms with Crippen LogP contribution in [0.1, 0.15) is 28.8 Å². The number of aliphatic carboxylic acids is 1. The van der Waals surface area contributed by atoms with Crippen molar-refractivity contribution in [1.82, 2.24) is 9.88 Å². The molecule has 1 fully saturated rings. The summed E-state index contributed by atoms with van der Waals surface area (Å²) >= 11 is 0. The molecule has 0 bridgehead atoms. The molecule has 3 aromatic rings. The number of carboxylic acid groups (broad SMARTS) is 1. The maximum Gasteiger partial charge on any atom is 0.416 e. The lowest BCUT2D eigenvalue weighted by Crippen LogP contribution is -2.42. The molecule has 1 aromatic heterocycles. The van der Waals surface area contributed by atoms with Gasteiger partial charge in [0, 0.05) is 29.6 Å². The Morgan fingerprint density at radius 1 is 1.06 bits per heavy atom. The normalized spacial score (nSPS) is 17.0. The number of piperidine rings is 1. The third kappa shape index (κ3) is 4.38. The first-order chi connectivity index (χ1) is 14.7. The van der Waals surface area contributed by atoms with Crippen LogP contribution in [0.3, 0.4) is 0 Å². The summed E-state index contributed by atoms with van der Waals surface area (Å²) in [6.45, 7) is 0.687. The molecule has 1 atom stereocenters. The van der Waals surface area contributed by atoms with E-state index in [-0.39, 0.29) is 12.5 Å². The van der Waals surface area contributed by atoms with Crippen LogP contribution in [-0.4, -0.2) is 40.0 Å². The number of nitrogens with zero attached hydrogens (tertiary/aromatic N) is 2. The highest BCUT2D eigenvalue weighted by Crippen LogP contribution is 2.32. The zero-order valence-corrected chi connectivity index (χ0v) is 16.4. The molecule has 31 heavy (non-hydrogen) atoms. The molecule has 160 valence electrons. The summed E-state index contributed by atoms with van der Waals surface area (Å²) < 4.78 is 39.0. The first-order valence-corrected chi connectivity index (χ1v) is 9.83. The van der Waals surface area contributed by atoms with Gasteiger partial charge in [-0.25, -0.2) is 4.98 Å². The molecule has 0 saturated carbocycles. The van der Waals surface area contributed by atoms with Crippen LogP contribution in [-0.2, 0) is 11.0 Å². The second-order valence-corrected chi connectivity index (χ2v) is 7.61. The van der Waals surface area contributed by atoms with Crippen molar-refractivity contribution in [3.05, 3.63) is 65.7 Å². The molecule has 1 unspecified atom stereocenters. The molecule has 2 aromatic carbocycles. The van der Waals surface area contributed by atoms with E-state index < -0.39 is 23.6 Å². The van der Waals surface area contributed by atoms with Crippen molar-refractivity contribution in [3.8, 4) is 11.3 Å². The molecule has 8 heteroatoms. The number of aromatic nitrogens is 1. The van der Waals surface area contributed by atoms with Gasteiger partial charge in [-0.2, -0.15) is 13.2 Å². The summed E-state index contributed by atoms with van der Waals surface area (Å²) in [5, 5.41) is 9.90. The number of hydrogen-bond acceptors (Lipinski definition) is 3. The number of carboxylic acids is 1. The van der Waals surface area contributed by atoms with Crippen LogP contribution in [0.2, 0.25) is 0 Å². The Morgan fingerprint density at radius 2 is 1.87 bits per heavy atom. The van der Waals surface area contributed by atoms with Gasteiger partial charge in [-0.3, -0.25) is 9.59 Å². The largest absolute Gasteiger partial charge is 0.481 e. The molecule has 0 radical (unpaired) electrons. The van der Waals surface area contributed by atoms with Crippen molar-refractivity contribution < 1.29 is 27.9 Å². The second-order valence-electron chi connectivity index (χ2n) is 7.61. The van der Waals surface area contributed by atoms with Crippen LogP contribution in [0, 0.1) is 5.92 Å². The van der Waals surface area contributed by atoms with Crippen molar-refractivity contribution in [2.24, 2.45) is 5.92 Å². The van der Waals surface area contributed by atoms with Gasteiger partial charge >= 0.3 is 12.1 Å². The van der Waals surface area contributed by atoms with Crippen LogP contribution in [0.5, 0.6) is 0 Å². The first kappa shape index (κ1) is 20.8. The number of carbonyl (C=O) groups is 2. The monoisotopic (exact) mass is 428 g/mol. The minimum Gasteiger partial charge on any atom is -0.481 e. The number of alkyl halides is 3. The topological polar surface area (TPSA) is 70.5 Å². The summed E-state index contributed by atoms with van der Waals surface area (Å²) in [5.41, 5.74) is 0.984. The molecule has 4 rings (SSSR count). The quantitative estimate of drug-likeness (QED) is 0.647. The summed E-state index contributed by atoms with van der Waals surface area (Å²) in [5.74, 6) is -1.70. The van der Waals surface area contributed by atoms with E-state index in [9.17, 15) is 27.9 Å². The van der Waals surface area contributed by atoms with Crippen molar-refractivity contribution in [1.29, 1.82) is 0 Å². The number of pyridine rings is 1. The molecule has 1 N–H and O–H groups in total. The Morgan fingerprint density at radius 3 is 2.61 bits per heavy atom. The molecule has 1 aliphatic heterocycles. The van der Waals surface area contributed by atoms with Gasteiger partial charge in [-0.15, -0.1) is 0 Å². The van der Waals surface area contributed by atoms with Crippen molar-refractivity contribution in [2.75, 3.05) is 13.1 Å². The van der Waals surface area contributed by atoms with Crippen molar-refractivity contribution in [2.45, 2.75) is 19.0 Å². The Hall–Kier alpha value is -3.42.